The van der Waals surface area contributed by atoms with E-state index >= 15 is 0 Å². The number of aromatic nitrogens is 2. The lowest BCUT2D eigenvalue weighted by molar-refractivity contribution is 0.628. The fourth-order valence-electron chi connectivity index (χ4n) is 1.88. The number of hydrogen-bond donors (Lipinski definition) is 0. The minimum Gasteiger partial charge on any atom is -0.225 e. The monoisotopic (exact) mass is 310 g/mol. The fraction of sp³-hybridized carbons (Fsp3) is 0. The molecule has 0 aliphatic carbocycles. The molecule has 0 N–H and O–H groups in total. The normalized spacial score (nSPS) is 11.0. The molecule has 3 aromatic rings. The molecule has 0 bridgehead atoms. The van der Waals surface area contributed by atoms with Crippen LogP contribution >= 0.6 is 23.2 Å². The summed E-state index contributed by atoms with van der Waals surface area (Å²) in [6.45, 7) is 0. The lowest BCUT2D eigenvalue weighted by Gasteiger charge is -2.07. The van der Waals surface area contributed by atoms with E-state index in [2.05, 4.69) is 9.97 Å². The Labute approximate surface area is 123 Å². The summed E-state index contributed by atoms with van der Waals surface area (Å²) in [5.74, 6) is -0.858. The first-order valence-corrected chi connectivity index (χ1v) is 6.39. The van der Waals surface area contributed by atoms with Gasteiger partial charge in [0.05, 0.1) is 10.4 Å². The highest BCUT2D eigenvalue weighted by molar-refractivity contribution is 6.41. The van der Waals surface area contributed by atoms with E-state index in [4.69, 9.17) is 23.2 Å². The van der Waals surface area contributed by atoms with E-state index in [1.165, 1.54) is 30.3 Å². The van der Waals surface area contributed by atoms with E-state index in [0.717, 1.165) is 0 Å². The summed E-state index contributed by atoms with van der Waals surface area (Å²) in [5, 5.41) is 0.532. The van der Waals surface area contributed by atoms with Gasteiger partial charge in [0.25, 0.3) is 0 Å². The van der Waals surface area contributed by atoms with Crippen molar-refractivity contribution >= 4 is 34.1 Å². The summed E-state index contributed by atoms with van der Waals surface area (Å²) >= 11 is 12.0. The molecular weight excluding hydrogens is 305 g/mol. The Morgan fingerprint density at radius 3 is 2.50 bits per heavy atom. The molecule has 2 nitrogen and oxygen atoms in total. The van der Waals surface area contributed by atoms with Crippen LogP contribution in [-0.2, 0) is 0 Å². The van der Waals surface area contributed by atoms with Crippen molar-refractivity contribution in [2.24, 2.45) is 0 Å². The van der Waals surface area contributed by atoms with Crippen molar-refractivity contribution in [3.05, 3.63) is 58.2 Å². The molecule has 0 unspecified atom stereocenters. The molecule has 0 radical (unpaired) electrons. The maximum absolute atomic E-state index is 13.8. The largest absolute Gasteiger partial charge is 0.225 e. The van der Waals surface area contributed by atoms with Crippen LogP contribution in [0.25, 0.3) is 22.3 Å². The van der Waals surface area contributed by atoms with Crippen LogP contribution < -0.4 is 0 Å². The van der Waals surface area contributed by atoms with Gasteiger partial charge in [-0.15, -0.1) is 0 Å². The van der Waals surface area contributed by atoms with Crippen molar-refractivity contribution in [2.45, 2.75) is 0 Å². The van der Waals surface area contributed by atoms with Crippen molar-refractivity contribution in [2.75, 3.05) is 0 Å². The molecule has 0 fully saturated rings. The third-order valence-electron chi connectivity index (χ3n) is 2.79. The molecule has 1 heterocycles. The van der Waals surface area contributed by atoms with Crippen LogP contribution in [0.2, 0.25) is 10.2 Å². The van der Waals surface area contributed by atoms with Crippen LogP contribution in [0.1, 0.15) is 0 Å². The Kier molecular flexibility index (Phi) is 3.28. The average Bonchev–Trinajstić information content (AvgIpc) is 2.42. The maximum Gasteiger partial charge on any atom is 0.161 e. The fourth-order valence-corrected chi connectivity index (χ4v) is 2.44. The van der Waals surface area contributed by atoms with E-state index in [-0.39, 0.29) is 26.9 Å². The zero-order chi connectivity index (χ0) is 14.3. The van der Waals surface area contributed by atoms with Crippen molar-refractivity contribution in [1.82, 2.24) is 9.97 Å². The van der Waals surface area contributed by atoms with Gasteiger partial charge in [-0.05, 0) is 24.3 Å². The highest BCUT2D eigenvalue weighted by Gasteiger charge is 2.14. The van der Waals surface area contributed by atoms with Crippen LogP contribution in [0.5, 0.6) is 0 Å². The third-order valence-corrected chi connectivity index (χ3v) is 3.38. The van der Waals surface area contributed by atoms with Gasteiger partial charge in [0.15, 0.2) is 5.82 Å². The number of rotatable bonds is 1. The second-order valence-electron chi connectivity index (χ2n) is 4.10. The molecule has 100 valence electrons. The molecule has 0 aliphatic heterocycles. The second-order valence-corrected chi connectivity index (χ2v) is 4.87. The topological polar surface area (TPSA) is 25.8 Å². The van der Waals surface area contributed by atoms with E-state index in [1.807, 2.05) is 0 Å². The van der Waals surface area contributed by atoms with Gasteiger partial charge in [-0.25, -0.2) is 18.7 Å². The Morgan fingerprint density at radius 1 is 0.950 bits per heavy atom. The molecule has 0 saturated heterocycles. The van der Waals surface area contributed by atoms with Gasteiger partial charge in [-0.3, -0.25) is 0 Å². The standard InChI is InChI=1S/C14H6Cl2F2N2/c15-9-4-5-10(18)12-11(9)13(16)20-14(19-12)7-2-1-3-8(17)6-7/h1-6H. The summed E-state index contributed by atoms with van der Waals surface area (Å²) in [4.78, 5) is 8.14. The predicted molar refractivity (Wildman–Crippen MR) is 74.9 cm³/mol. The summed E-state index contributed by atoms with van der Waals surface area (Å²) in [5.41, 5.74) is 0.421. The van der Waals surface area contributed by atoms with E-state index < -0.39 is 11.6 Å². The molecule has 0 spiro atoms. The van der Waals surface area contributed by atoms with Gasteiger partial charge in [0.2, 0.25) is 0 Å². The van der Waals surface area contributed by atoms with Gasteiger partial charge in [-0.1, -0.05) is 35.3 Å². The van der Waals surface area contributed by atoms with Crippen LogP contribution in [0.4, 0.5) is 8.78 Å². The number of hydrogen-bond acceptors (Lipinski definition) is 2. The Balaban J connectivity index is 2.32. The van der Waals surface area contributed by atoms with Crippen LogP contribution in [0.3, 0.4) is 0 Å². The molecule has 3 rings (SSSR count). The van der Waals surface area contributed by atoms with E-state index in [9.17, 15) is 8.78 Å². The SMILES string of the molecule is Fc1cccc(-c2nc(Cl)c3c(Cl)ccc(F)c3n2)c1. The van der Waals surface area contributed by atoms with Gasteiger partial charge in [-0.2, -0.15) is 0 Å². The Morgan fingerprint density at radius 2 is 1.75 bits per heavy atom. The van der Waals surface area contributed by atoms with E-state index in [0.29, 0.717) is 5.56 Å². The highest BCUT2D eigenvalue weighted by Crippen LogP contribution is 2.31. The summed E-state index contributed by atoms with van der Waals surface area (Å²) in [7, 11) is 0. The quantitative estimate of drug-likeness (QED) is 0.598. The van der Waals surface area contributed by atoms with Gasteiger partial charge in [0, 0.05) is 5.56 Å². The number of benzene rings is 2. The molecule has 0 atom stereocenters. The summed E-state index contributed by atoms with van der Waals surface area (Å²) < 4.78 is 27.1. The second kappa shape index (κ2) is 4.96. The molecule has 1 aromatic heterocycles. The first-order valence-electron chi connectivity index (χ1n) is 5.63. The number of halogens is 4. The number of fused-ring (bicyclic) bond motifs is 1. The van der Waals surface area contributed by atoms with Gasteiger partial charge >= 0.3 is 0 Å². The molecule has 0 amide bonds. The molecule has 2 aromatic carbocycles. The third kappa shape index (κ3) is 2.21. The van der Waals surface area contributed by atoms with Crippen molar-refractivity contribution in [3.63, 3.8) is 0 Å². The Bertz CT molecular complexity index is 822. The highest BCUT2D eigenvalue weighted by atomic mass is 35.5. The lowest BCUT2D eigenvalue weighted by Crippen LogP contribution is -1.95. The first kappa shape index (κ1) is 13.2. The van der Waals surface area contributed by atoms with Crippen molar-refractivity contribution in [3.8, 4) is 11.4 Å². The Hall–Kier alpha value is -1.78. The smallest absolute Gasteiger partial charge is 0.161 e. The van der Waals surface area contributed by atoms with E-state index in [1.54, 1.807) is 6.07 Å². The van der Waals surface area contributed by atoms with Crippen molar-refractivity contribution in [1.29, 1.82) is 0 Å². The summed E-state index contributed by atoms with van der Waals surface area (Å²) in [6, 6.07) is 8.26. The molecule has 6 heteroatoms. The molecule has 0 saturated carbocycles. The van der Waals surface area contributed by atoms with Crippen LogP contribution in [0.15, 0.2) is 36.4 Å². The van der Waals surface area contributed by atoms with Gasteiger partial charge in [0.1, 0.15) is 22.3 Å². The van der Waals surface area contributed by atoms with Crippen molar-refractivity contribution < 1.29 is 8.78 Å². The molecule has 20 heavy (non-hydrogen) atoms. The first-order chi connectivity index (χ1) is 9.56. The maximum atomic E-state index is 13.8. The zero-order valence-electron chi connectivity index (χ0n) is 9.87. The minimum atomic E-state index is -0.564. The predicted octanol–water partition coefficient (Wildman–Crippen LogP) is 4.88. The lowest BCUT2D eigenvalue weighted by atomic mass is 10.2. The van der Waals surface area contributed by atoms with Crippen LogP contribution in [-0.4, -0.2) is 9.97 Å². The number of nitrogens with zero attached hydrogens (tertiary/aromatic N) is 2. The molecular formula is C14H6Cl2F2N2. The van der Waals surface area contributed by atoms with Crippen LogP contribution in [0, 0.1) is 11.6 Å². The van der Waals surface area contributed by atoms with Gasteiger partial charge < -0.3 is 0 Å². The minimum absolute atomic E-state index is 0.0109. The molecule has 0 aliphatic rings. The summed E-state index contributed by atoms with van der Waals surface area (Å²) in [6.07, 6.45) is 0. The average molecular weight is 311 g/mol. The zero-order valence-corrected chi connectivity index (χ0v) is 11.4.